The van der Waals surface area contributed by atoms with Crippen molar-refractivity contribution in [2.24, 2.45) is 0 Å². The smallest absolute Gasteiger partial charge is 0.339 e. The van der Waals surface area contributed by atoms with Gasteiger partial charge in [-0.2, -0.15) is 0 Å². The van der Waals surface area contributed by atoms with Gasteiger partial charge in [0.1, 0.15) is 0 Å². The maximum absolute atomic E-state index is 11.2. The quantitative estimate of drug-likeness (QED) is 0.609. The summed E-state index contributed by atoms with van der Waals surface area (Å²) in [5, 5.41) is 0.530. The van der Waals surface area contributed by atoms with E-state index < -0.39 is 5.97 Å². The van der Waals surface area contributed by atoms with Gasteiger partial charge in [0.15, 0.2) is 6.07 Å². The number of hydrogen-bond acceptors (Lipinski definition) is 2. The molecule has 0 bridgehead atoms. The van der Waals surface area contributed by atoms with Gasteiger partial charge in [-0.25, -0.2) is 4.79 Å². The maximum Gasteiger partial charge on any atom is 0.339 e. The molecule has 5 heteroatoms. The summed E-state index contributed by atoms with van der Waals surface area (Å²) >= 11 is 16.7. The maximum atomic E-state index is 11.2. The second-order valence-corrected chi connectivity index (χ2v) is 3.37. The summed E-state index contributed by atoms with van der Waals surface area (Å²) < 4.78 is 4.61. The Kier molecular flexibility index (Phi) is 4.52. The Morgan fingerprint density at radius 2 is 2.07 bits per heavy atom. The topological polar surface area (TPSA) is 26.3 Å². The van der Waals surface area contributed by atoms with Crippen LogP contribution in [-0.2, 0) is 10.6 Å². The molecule has 0 heterocycles. The van der Waals surface area contributed by atoms with Crippen LogP contribution in [0.1, 0.15) is 15.9 Å². The molecule has 1 aromatic rings. The summed E-state index contributed by atoms with van der Waals surface area (Å²) in [7, 11) is 0. The first-order valence-corrected chi connectivity index (χ1v) is 5.21. The molecule has 0 radical (unpaired) electrons. The highest BCUT2D eigenvalue weighted by molar-refractivity contribution is 6.32. The molecule has 0 aromatic heterocycles. The molecule has 0 aliphatic rings. The molecule has 0 saturated carbocycles. The van der Waals surface area contributed by atoms with Crippen molar-refractivity contribution in [3.63, 3.8) is 0 Å². The summed E-state index contributed by atoms with van der Waals surface area (Å²) in [5.74, 6) is -0.232. The van der Waals surface area contributed by atoms with Gasteiger partial charge in [0.25, 0.3) is 0 Å². The van der Waals surface area contributed by atoms with Crippen molar-refractivity contribution in [2.45, 2.75) is 5.88 Å². The monoisotopic (exact) mass is 252 g/mol. The van der Waals surface area contributed by atoms with Gasteiger partial charge < -0.3 is 4.74 Å². The van der Waals surface area contributed by atoms with Crippen molar-refractivity contribution >= 4 is 40.8 Å². The van der Waals surface area contributed by atoms with Gasteiger partial charge in [0.2, 0.25) is 0 Å². The predicted octanol–water partition coefficient (Wildman–Crippen LogP) is 3.43. The fourth-order valence-corrected chi connectivity index (χ4v) is 1.51. The van der Waals surface area contributed by atoms with Crippen LogP contribution in [0, 0.1) is 0 Å². The molecule has 0 spiro atoms. The molecular weight excluding hydrogens is 246 g/mol. The third-order valence-corrected chi connectivity index (χ3v) is 2.38. The Bertz CT molecular complexity index is 339. The Balaban J connectivity index is 2.94. The fraction of sp³-hybridized carbons (Fsp3) is 0.222. The molecule has 1 aromatic carbocycles. The summed E-state index contributed by atoms with van der Waals surface area (Å²) in [4.78, 5) is 11.2. The second kappa shape index (κ2) is 5.44. The lowest BCUT2D eigenvalue weighted by Gasteiger charge is -2.04. The zero-order chi connectivity index (χ0) is 10.6. The minimum absolute atomic E-state index is 0.169. The van der Waals surface area contributed by atoms with E-state index in [2.05, 4.69) is 4.74 Å². The molecule has 0 aliphatic heterocycles. The first-order chi connectivity index (χ1) is 6.69. The molecule has 0 saturated heterocycles. The van der Waals surface area contributed by atoms with Crippen molar-refractivity contribution in [1.82, 2.24) is 0 Å². The summed E-state index contributed by atoms with van der Waals surface area (Å²) in [5.41, 5.74) is 1.09. The van der Waals surface area contributed by atoms with Crippen LogP contribution in [0.15, 0.2) is 18.2 Å². The minimum Gasteiger partial charge on any atom is -0.446 e. The molecule has 76 valence electrons. The normalized spacial score (nSPS) is 9.93. The fourth-order valence-electron chi connectivity index (χ4n) is 0.937. The molecule has 14 heavy (non-hydrogen) atoms. The Hall–Kier alpha value is -0.440. The van der Waals surface area contributed by atoms with Crippen LogP contribution in [0.25, 0.3) is 0 Å². The van der Waals surface area contributed by atoms with E-state index in [9.17, 15) is 4.79 Å². The molecule has 0 N–H and O–H groups in total. The first kappa shape index (κ1) is 11.6. The van der Waals surface area contributed by atoms with Crippen LogP contribution >= 0.6 is 34.8 Å². The minimum atomic E-state index is -0.483. The van der Waals surface area contributed by atoms with Crippen LogP contribution in [0.3, 0.4) is 0 Å². The van der Waals surface area contributed by atoms with Gasteiger partial charge in [0.05, 0.1) is 5.56 Å². The van der Waals surface area contributed by atoms with Gasteiger partial charge in [-0.05, 0) is 23.8 Å². The standard InChI is InChI=1S/C9H7Cl3O2/c10-4-7-3-6(1-2-8(7)12)9(13)14-5-11/h1-3H,4-5H2. The summed E-state index contributed by atoms with van der Waals surface area (Å²) in [6.07, 6.45) is 0. The van der Waals surface area contributed by atoms with Crippen molar-refractivity contribution in [2.75, 3.05) is 6.07 Å². The Morgan fingerprint density at radius 3 is 2.64 bits per heavy atom. The molecule has 0 amide bonds. The van der Waals surface area contributed by atoms with Crippen LogP contribution in [-0.4, -0.2) is 12.0 Å². The highest BCUT2D eigenvalue weighted by Gasteiger charge is 2.08. The number of carbonyl (C=O) groups excluding carboxylic acids is 1. The van der Waals surface area contributed by atoms with E-state index >= 15 is 0 Å². The molecule has 0 fully saturated rings. The van der Waals surface area contributed by atoms with Crippen molar-refractivity contribution in [3.05, 3.63) is 34.3 Å². The third-order valence-electron chi connectivity index (χ3n) is 1.61. The molecule has 2 nitrogen and oxygen atoms in total. The number of alkyl halides is 2. The van der Waals surface area contributed by atoms with Gasteiger partial charge in [-0.15, -0.1) is 11.6 Å². The lowest BCUT2D eigenvalue weighted by atomic mass is 10.1. The van der Waals surface area contributed by atoms with E-state index in [4.69, 9.17) is 34.8 Å². The number of halogens is 3. The zero-order valence-electron chi connectivity index (χ0n) is 7.10. The summed E-state index contributed by atoms with van der Waals surface area (Å²) in [6.45, 7) is 0. The second-order valence-electron chi connectivity index (χ2n) is 2.48. The Morgan fingerprint density at radius 1 is 1.36 bits per heavy atom. The number of benzene rings is 1. The van der Waals surface area contributed by atoms with Crippen LogP contribution in [0.5, 0.6) is 0 Å². The van der Waals surface area contributed by atoms with E-state index in [1.165, 1.54) is 0 Å². The molecule has 1 rings (SSSR count). The largest absolute Gasteiger partial charge is 0.446 e. The first-order valence-electron chi connectivity index (χ1n) is 3.76. The highest BCUT2D eigenvalue weighted by atomic mass is 35.5. The summed E-state index contributed by atoms with van der Waals surface area (Å²) in [6, 6.07) is 4.58. The van der Waals surface area contributed by atoms with E-state index in [1.54, 1.807) is 18.2 Å². The van der Waals surface area contributed by atoms with Crippen LogP contribution in [0.2, 0.25) is 5.02 Å². The lowest BCUT2D eigenvalue weighted by Crippen LogP contribution is -2.04. The molecule has 0 aliphatic carbocycles. The van der Waals surface area contributed by atoms with Gasteiger partial charge >= 0.3 is 5.97 Å². The third kappa shape index (κ3) is 2.77. The average Bonchev–Trinajstić information content (AvgIpc) is 2.19. The molecule has 0 unspecified atom stereocenters. The van der Waals surface area contributed by atoms with Gasteiger partial charge in [-0.1, -0.05) is 23.2 Å². The van der Waals surface area contributed by atoms with E-state index in [0.29, 0.717) is 16.1 Å². The van der Waals surface area contributed by atoms with Crippen molar-refractivity contribution in [1.29, 1.82) is 0 Å². The van der Waals surface area contributed by atoms with Gasteiger partial charge in [0, 0.05) is 10.9 Å². The zero-order valence-corrected chi connectivity index (χ0v) is 9.36. The SMILES string of the molecule is O=C(OCCl)c1ccc(Cl)c(CCl)c1. The predicted molar refractivity (Wildman–Crippen MR) is 57.1 cm³/mol. The van der Waals surface area contributed by atoms with Crippen molar-refractivity contribution < 1.29 is 9.53 Å². The molecular formula is C9H7Cl3O2. The average molecular weight is 254 g/mol. The number of rotatable bonds is 3. The highest BCUT2D eigenvalue weighted by Crippen LogP contribution is 2.19. The Labute approximate surface area is 96.7 Å². The number of esters is 1. The van der Waals surface area contributed by atoms with Gasteiger partial charge in [-0.3, -0.25) is 0 Å². The lowest BCUT2D eigenvalue weighted by molar-refractivity contribution is 0.0574. The number of carbonyl (C=O) groups is 1. The molecule has 0 atom stereocenters. The van der Waals surface area contributed by atoms with Crippen LogP contribution < -0.4 is 0 Å². The van der Waals surface area contributed by atoms with Crippen LogP contribution in [0.4, 0.5) is 0 Å². The number of ether oxygens (including phenoxy) is 1. The van der Waals surface area contributed by atoms with E-state index in [1.807, 2.05) is 0 Å². The van der Waals surface area contributed by atoms with E-state index in [-0.39, 0.29) is 11.9 Å². The van der Waals surface area contributed by atoms with E-state index in [0.717, 1.165) is 0 Å². The number of hydrogen-bond donors (Lipinski definition) is 0. The van der Waals surface area contributed by atoms with Crippen molar-refractivity contribution in [3.8, 4) is 0 Å².